The molecule has 35 heavy (non-hydrogen) atoms. The monoisotopic (exact) mass is 524 g/mol. The second-order valence-corrected chi connectivity index (χ2v) is 12.1. The molecule has 210 valence electrons. The number of nitrogens with zero attached hydrogens (tertiary/aromatic N) is 1. The number of rotatable bonds is 25. The van der Waals surface area contributed by atoms with Gasteiger partial charge >= 0.3 is 13.8 Å². The highest BCUT2D eigenvalue weighted by Crippen LogP contribution is 2.43. The van der Waals surface area contributed by atoms with Crippen molar-refractivity contribution < 1.29 is 37.6 Å². The van der Waals surface area contributed by atoms with Crippen LogP contribution in [0.4, 0.5) is 0 Å². The average Bonchev–Trinajstić information content (AvgIpc) is 2.78. The molecule has 0 spiro atoms. The maximum Gasteiger partial charge on any atom is 0.472 e. The van der Waals surface area contributed by atoms with E-state index >= 15 is 0 Å². The van der Waals surface area contributed by atoms with Crippen LogP contribution in [-0.4, -0.2) is 74.1 Å². The van der Waals surface area contributed by atoms with Gasteiger partial charge in [0.25, 0.3) is 0 Å². The molecule has 0 aromatic carbocycles. The number of aliphatic hydroxyl groups is 1. The number of phosphoric ester groups is 1. The van der Waals surface area contributed by atoms with Gasteiger partial charge in [0.1, 0.15) is 25.9 Å². The van der Waals surface area contributed by atoms with Crippen molar-refractivity contribution in [3.05, 3.63) is 0 Å². The maximum absolute atomic E-state index is 11.8. The number of ether oxygens (including phenoxy) is 1. The zero-order chi connectivity index (χ0) is 26.4. The summed E-state index contributed by atoms with van der Waals surface area (Å²) in [6.45, 7) is 2.14. The van der Waals surface area contributed by atoms with Crippen LogP contribution in [0.3, 0.4) is 0 Å². The normalized spacial score (nSPS) is 14.6. The van der Waals surface area contributed by atoms with E-state index in [4.69, 9.17) is 13.8 Å². The smallest absolute Gasteiger partial charge is 0.463 e. The number of carbonyl (C=O) groups is 1. The largest absolute Gasteiger partial charge is 0.472 e. The molecule has 0 saturated heterocycles. The fraction of sp³-hybridized carbons (Fsp3) is 0.962. The van der Waals surface area contributed by atoms with Crippen LogP contribution in [-0.2, 0) is 23.1 Å². The Morgan fingerprint density at radius 1 is 0.771 bits per heavy atom. The standard InChI is InChI=1S/C26H54NO7P/c1-5-6-7-8-9-10-11-12-13-14-15-16-17-18-19-20-26(29)32-23-25(28)24-34-35(30,31)33-22-21-27(2,3)4/h25,28H,5-24H2,1-4H3/p+1/t25-/m0/s1. The zero-order valence-corrected chi connectivity index (χ0v) is 23.9. The van der Waals surface area contributed by atoms with Crippen molar-refractivity contribution in [3.8, 4) is 0 Å². The van der Waals surface area contributed by atoms with Crippen LogP contribution >= 0.6 is 7.82 Å². The number of phosphoric acid groups is 1. The number of esters is 1. The van der Waals surface area contributed by atoms with Crippen molar-refractivity contribution in [1.82, 2.24) is 0 Å². The molecule has 0 radical (unpaired) electrons. The Bertz CT molecular complexity index is 554. The third-order valence-corrected chi connectivity index (χ3v) is 6.85. The van der Waals surface area contributed by atoms with Crippen LogP contribution in [0.5, 0.6) is 0 Å². The molecule has 8 nitrogen and oxygen atoms in total. The topological polar surface area (TPSA) is 102 Å². The van der Waals surface area contributed by atoms with E-state index in [1.54, 1.807) is 0 Å². The van der Waals surface area contributed by atoms with E-state index in [-0.39, 0.29) is 19.2 Å². The first-order chi connectivity index (χ1) is 16.6. The second kappa shape index (κ2) is 21.6. The quantitative estimate of drug-likeness (QED) is 0.0654. The Balaban J connectivity index is 3.53. The van der Waals surface area contributed by atoms with Crippen LogP contribution in [0.25, 0.3) is 0 Å². The van der Waals surface area contributed by atoms with Crippen molar-refractivity contribution in [2.24, 2.45) is 0 Å². The summed E-state index contributed by atoms with van der Waals surface area (Å²) in [6.07, 6.45) is 18.2. The number of carbonyl (C=O) groups excluding carboxylic acids is 1. The number of hydrogen-bond acceptors (Lipinski definition) is 6. The Hall–Kier alpha value is -0.500. The van der Waals surface area contributed by atoms with Crippen molar-refractivity contribution in [2.75, 3.05) is 47.5 Å². The molecule has 0 aliphatic heterocycles. The van der Waals surface area contributed by atoms with Gasteiger partial charge in [-0.3, -0.25) is 13.8 Å². The van der Waals surface area contributed by atoms with E-state index in [0.29, 0.717) is 17.4 Å². The van der Waals surface area contributed by atoms with Gasteiger partial charge in [-0.05, 0) is 6.42 Å². The Kier molecular flexibility index (Phi) is 21.3. The molecule has 0 aromatic heterocycles. The Morgan fingerprint density at radius 3 is 1.69 bits per heavy atom. The molecular formula is C26H55NO7P+. The minimum absolute atomic E-state index is 0.0572. The lowest BCUT2D eigenvalue weighted by molar-refractivity contribution is -0.870. The van der Waals surface area contributed by atoms with Gasteiger partial charge in [0.05, 0.1) is 27.7 Å². The van der Waals surface area contributed by atoms with Gasteiger partial charge in [-0.1, -0.05) is 96.8 Å². The molecule has 1 unspecified atom stereocenters. The Morgan fingerprint density at radius 2 is 1.23 bits per heavy atom. The first-order valence-electron chi connectivity index (χ1n) is 13.8. The number of quaternary nitrogens is 1. The van der Waals surface area contributed by atoms with E-state index in [1.165, 1.54) is 77.0 Å². The Labute approximate surface area is 214 Å². The lowest BCUT2D eigenvalue weighted by Gasteiger charge is -2.24. The molecule has 0 heterocycles. The molecule has 9 heteroatoms. The van der Waals surface area contributed by atoms with Crippen LogP contribution in [0.1, 0.15) is 110 Å². The predicted molar refractivity (Wildman–Crippen MR) is 141 cm³/mol. The van der Waals surface area contributed by atoms with Crippen molar-refractivity contribution >= 4 is 13.8 Å². The molecule has 0 saturated carbocycles. The van der Waals surface area contributed by atoms with Crippen molar-refractivity contribution in [2.45, 2.75) is 116 Å². The van der Waals surface area contributed by atoms with E-state index in [0.717, 1.165) is 19.3 Å². The van der Waals surface area contributed by atoms with Gasteiger partial charge < -0.3 is 19.2 Å². The van der Waals surface area contributed by atoms with Crippen LogP contribution in [0, 0.1) is 0 Å². The predicted octanol–water partition coefficient (Wildman–Crippen LogP) is 5.99. The van der Waals surface area contributed by atoms with Gasteiger partial charge in [0.2, 0.25) is 0 Å². The summed E-state index contributed by atoms with van der Waals surface area (Å²) < 4.78 is 27.0. The first kappa shape index (κ1) is 34.5. The summed E-state index contributed by atoms with van der Waals surface area (Å²) in [5.41, 5.74) is 0. The van der Waals surface area contributed by atoms with Crippen molar-refractivity contribution in [1.29, 1.82) is 0 Å². The average molecular weight is 525 g/mol. The third-order valence-electron chi connectivity index (χ3n) is 5.87. The van der Waals surface area contributed by atoms with Gasteiger partial charge in [-0.15, -0.1) is 0 Å². The summed E-state index contributed by atoms with van der Waals surface area (Å²) in [6, 6.07) is 0. The van der Waals surface area contributed by atoms with Gasteiger partial charge in [-0.2, -0.15) is 0 Å². The second-order valence-electron chi connectivity index (χ2n) is 10.6. The van der Waals surface area contributed by atoms with Crippen LogP contribution in [0.2, 0.25) is 0 Å². The summed E-state index contributed by atoms with van der Waals surface area (Å²) in [5, 5.41) is 9.83. The third kappa shape index (κ3) is 26.4. The van der Waals surface area contributed by atoms with Crippen LogP contribution < -0.4 is 0 Å². The van der Waals surface area contributed by atoms with E-state index in [2.05, 4.69) is 6.92 Å². The van der Waals surface area contributed by atoms with Gasteiger partial charge in [0, 0.05) is 6.42 Å². The highest BCUT2D eigenvalue weighted by atomic mass is 31.2. The zero-order valence-electron chi connectivity index (χ0n) is 23.0. The number of aliphatic hydroxyl groups excluding tert-OH is 1. The molecule has 0 fully saturated rings. The fourth-order valence-corrected chi connectivity index (χ4v) is 4.34. The molecule has 0 rings (SSSR count). The molecule has 0 aliphatic rings. The van der Waals surface area contributed by atoms with E-state index in [9.17, 15) is 19.4 Å². The highest BCUT2D eigenvalue weighted by molar-refractivity contribution is 7.47. The number of unbranched alkanes of at least 4 members (excludes halogenated alkanes) is 14. The molecule has 0 aromatic rings. The molecule has 0 bridgehead atoms. The lowest BCUT2D eigenvalue weighted by atomic mass is 10.0. The molecule has 0 aliphatic carbocycles. The van der Waals surface area contributed by atoms with Crippen LogP contribution in [0.15, 0.2) is 0 Å². The van der Waals surface area contributed by atoms with Gasteiger partial charge in [0.15, 0.2) is 0 Å². The molecule has 2 atom stereocenters. The first-order valence-corrected chi connectivity index (χ1v) is 15.3. The van der Waals surface area contributed by atoms with E-state index in [1.807, 2.05) is 21.1 Å². The summed E-state index contributed by atoms with van der Waals surface area (Å²) >= 11 is 0. The summed E-state index contributed by atoms with van der Waals surface area (Å²) in [7, 11) is 1.57. The fourth-order valence-electron chi connectivity index (χ4n) is 3.60. The minimum atomic E-state index is -4.24. The van der Waals surface area contributed by atoms with E-state index < -0.39 is 20.5 Å². The lowest BCUT2D eigenvalue weighted by Crippen LogP contribution is -2.37. The maximum atomic E-state index is 11.8. The highest BCUT2D eigenvalue weighted by Gasteiger charge is 2.24. The van der Waals surface area contributed by atoms with Crippen molar-refractivity contribution in [3.63, 3.8) is 0 Å². The summed E-state index contributed by atoms with van der Waals surface area (Å²) in [4.78, 5) is 21.4. The number of hydrogen-bond donors (Lipinski definition) is 2. The van der Waals surface area contributed by atoms with Gasteiger partial charge in [-0.25, -0.2) is 4.57 Å². The summed E-state index contributed by atoms with van der Waals surface area (Å²) in [5.74, 6) is -0.370. The molecule has 2 N–H and O–H groups in total. The minimum Gasteiger partial charge on any atom is -0.463 e. The molecular weight excluding hydrogens is 469 g/mol. The number of likely N-dealkylation sites (N-methyl/N-ethyl adjacent to an activating group) is 1. The SMILES string of the molecule is CCCCCCCCCCCCCCCCCC(=O)OC[C@H](O)COP(=O)(O)OCC[N+](C)(C)C. The molecule has 0 amide bonds.